The zero-order valence-electron chi connectivity index (χ0n) is 21.0. The van der Waals surface area contributed by atoms with Gasteiger partial charge in [0.1, 0.15) is 30.2 Å². The van der Waals surface area contributed by atoms with Crippen molar-refractivity contribution in [3.05, 3.63) is 72.4 Å². The smallest absolute Gasteiger partial charge is 0.166 e. The molecule has 0 bridgehead atoms. The van der Waals surface area contributed by atoms with Crippen molar-refractivity contribution in [3.63, 3.8) is 0 Å². The maximum Gasteiger partial charge on any atom is 0.166 e. The number of benzene rings is 2. The lowest BCUT2D eigenvalue weighted by Gasteiger charge is -2.30. The van der Waals surface area contributed by atoms with Gasteiger partial charge in [-0.1, -0.05) is 31.5 Å². The molecule has 186 valence electrons. The molecule has 0 N–H and O–H groups in total. The fraction of sp³-hybridized carbons (Fsp3) is 0.276. The van der Waals surface area contributed by atoms with Crippen LogP contribution >= 0.6 is 0 Å². The second kappa shape index (κ2) is 9.71. The van der Waals surface area contributed by atoms with Crippen LogP contribution in [-0.2, 0) is 11.5 Å². The molecule has 0 unspecified atom stereocenters. The average molecular weight is 493 g/mol. The maximum absolute atomic E-state index is 12.5. The Morgan fingerprint density at radius 2 is 1.89 bits per heavy atom. The third kappa shape index (κ3) is 4.23. The third-order valence-corrected chi connectivity index (χ3v) is 6.90. The monoisotopic (exact) mass is 492 g/mol. The number of para-hydroxylation sites is 1. The van der Waals surface area contributed by atoms with Crippen LogP contribution in [-0.4, -0.2) is 43.4 Å². The number of Topliss-reactive ketones (excluding diaryl/α,β-unsaturated/α-hetero) is 1. The average Bonchev–Trinajstić information content (AvgIpc) is 3.25. The number of ketones is 1. The largest absolute Gasteiger partial charge is 0.361 e. The number of unbranched alkanes of at least 4 members (excludes halogenated alkanes) is 1. The first kappa shape index (κ1) is 23.2. The quantitative estimate of drug-likeness (QED) is 0.264. The van der Waals surface area contributed by atoms with Gasteiger partial charge >= 0.3 is 0 Å². The van der Waals surface area contributed by atoms with Crippen LogP contribution < -0.4 is 4.90 Å². The summed E-state index contributed by atoms with van der Waals surface area (Å²) in [5.41, 5.74) is 6.09. The minimum atomic E-state index is 0.163. The van der Waals surface area contributed by atoms with Crippen LogP contribution in [0.3, 0.4) is 0 Å². The van der Waals surface area contributed by atoms with Gasteiger partial charge in [-0.15, -0.1) is 0 Å². The number of hydrogen-bond acceptors (Lipinski definition) is 7. The van der Waals surface area contributed by atoms with E-state index < -0.39 is 0 Å². The number of ether oxygens (including phenoxy) is 1. The Balaban J connectivity index is 1.39. The van der Waals surface area contributed by atoms with Gasteiger partial charge in [-0.25, -0.2) is 19.9 Å². The van der Waals surface area contributed by atoms with Crippen LogP contribution in [0, 0.1) is 6.92 Å². The lowest BCUT2D eigenvalue weighted by molar-refractivity contribution is 0.0757. The summed E-state index contributed by atoms with van der Waals surface area (Å²) in [6, 6.07) is 15.9. The molecule has 8 nitrogen and oxygen atoms in total. The molecule has 1 aliphatic heterocycles. The number of aromatic nitrogens is 5. The lowest BCUT2D eigenvalue weighted by atomic mass is 9.99. The summed E-state index contributed by atoms with van der Waals surface area (Å²) in [5.74, 6) is 1.84. The van der Waals surface area contributed by atoms with Crippen LogP contribution in [0.15, 0.2) is 61.1 Å². The van der Waals surface area contributed by atoms with E-state index in [0.717, 1.165) is 75.5 Å². The zero-order chi connectivity index (χ0) is 25.4. The first-order chi connectivity index (χ1) is 18.1. The number of carbonyl (C=O) groups excluding carboxylic acids is 1. The van der Waals surface area contributed by atoms with E-state index in [1.165, 1.54) is 0 Å². The molecular weight excluding hydrogens is 464 g/mol. The van der Waals surface area contributed by atoms with Crippen molar-refractivity contribution in [1.82, 2.24) is 24.5 Å². The van der Waals surface area contributed by atoms with E-state index >= 15 is 0 Å². The molecule has 6 rings (SSSR count). The van der Waals surface area contributed by atoms with Crippen molar-refractivity contribution < 1.29 is 9.53 Å². The molecule has 0 spiro atoms. The van der Waals surface area contributed by atoms with Gasteiger partial charge in [0.2, 0.25) is 0 Å². The van der Waals surface area contributed by atoms with Crippen LogP contribution in [0.25, 0.3) is 33.2 Å². The van der Waals surface area contributed by atoms with E-state index in [0.29, 0.717) is 19.7 Å². The third-order valence-electron chi connectivity index (χ3n) is 6.90. The summed E-state index contributed by atoms with van der Waals surface area (Å²) >= 11 is 0. The number of nitrogens with zero attached hydrogens (tertiary/aromatic N) is 6. The molecular formula is C29H28N6O2. The Hall–Kier alpha value is -4.17. The Morgan fingerprint density at radius 3 is 2.78 bits per heavy atom. The Morgan fingerprint density at radius 1 is 1.00 bits per heavy atom. The number of carbonyl (C=O) groups is 1. The van der Waals surface area contributed by atoms with Crippen molar-refractivity contribution in [2.24, 2.45) is 0 Å². The van der Waals surface area contributed by atoms with Crippen LogP contribution in [0.1, 0.15) is 42.4 Å². The molecule has 1 aliphatic rings. The molecule has 0 saturated heterocycles. The number of fused-ring (bicyclic) bond motifs is 3. The summed E-state index contributed by atoms with van der Waals surface area (Å²) in [5, 5.41) is 0.926. The van der Waals surface area contributed by atoms with Crippen molar-refractivity contribution in [2.75, 3.05) is 18.1 Å². The molecule has 0 amide bonds. The summed E-state index contributed by atoms with van der Waals surface area (Å²) in [4.78, 5) is 33.3. The minimum Gasteiger partial charge on any atom is -0.361 e. The highest BCUT2D eigenvalue weighted by Gasteiger charge is 2.25. The molecule has 0 radical (unpaired) electrons. The van der Waals surface area contributed by atoms with Gasteiger partial charge in [-0.3, -0.25) is 9.36 Å². The highest BCUT2D eigenvalue weighted by Crippen LogP contribution is 2.37. The summed E-state index contributed by atoms with van der Waals surface area (Å²) < 4.78 is 7.83. The second-order valence-corrected chi connectivity index (χ2v) is 9.32. The topological polar surface area (TPSA) is 86.0 Å². The van der Waals surface area contributed by atoms with Gasteiger partial charge in [0, 0.05) is 42.3 Å². The Bertz CT molecular complexity index is 1630. The van der Waals surface area contributed by atoms with Gasteiger partial charge in [0.15, 0.2) is 11.4 Å². The summed E-state index contributed by atoms with van der Waals surface area (Å²) in [6.07, 6.45) is 6.06. The number of rotatable bonds is 7. The first-order valence-corrected chi connectivity index (χ1v) is 12.7. The van der Waals surface area contributed by atoms with E-state index in [2.05, 4.69) is 33.9 Å². The van der Waals surface area contributed by atoms with Crippen LogP contribution in [0.5, 0.6) is 0 Å². The highest BCUT2D eigenvalue weighted by molar-refractivity contribution is 6.06. The lowest BCUT2D eigenvalue weighted by Crippen LogP contribution is -2.28. The van der Waals surface area contributed by atoms with Crippen molar-refractivity contribution in [2.45, 2.75) is 39.8 Å². The van der Waals surface area contributed by atoms with E-state index in [1.54, 1.807) is 6.33 Å². The zero-order valence-corrected chi connectivity index (χ0v) is 21.0. The SMILES string of the molecule is CCCCOCn1c(C)nc2cc(-c3ccc4ncnc(N5CCC(=O)c6ccccc65)c4c3)cnc21. The summed E-state index contributed by atoms with van der Waals surface area (Å²) in [6.45, 7) is 5.89. The molecule has 37 heavy (non-hydrogen) atoms. The van der Waals surface area contributed by atoms with Crippen molar-refractivity contribution in [3.8, 4) is 11.1 Å². The molecule has 0 atom stereocenters. The van der Waals surface area contributed by atoms with Crippen molar-refractivity contribution >= 4 is 39.4 Å². The Labute approximate surface area is 215 Å². The molecule has 5 aromatic rings. The van der Waals surface area contributed by atoms with Gasteiger partial charge in [0.25, 0.3) is 0 Å². The highest BCUT2D eigenvalue weighted by atomic mass is 16.5. The van der Waals surface area contributed by atoms with E-state index in [4.69, 9.17) is 14.7 Å². The maximum atomic E-state index is 12.5. The van der Waals surface area contributed by atoms with E-state index in [1.807, 2.05) is 54.1 Å². The van der Waals surface area contributed by atoms with Crippen LogP contribution in [0.2, 0.25) is 0 Å². The predicted molar refractivity (Wildman–Crippen MR) is 144 cm³/mol. The number of hydrogen-bond donors (Lipinski definition) is 0. The standard InChI is InChI=1S/C29H28N6O2/c1-3-4-13-37-18-35-19(2)33-25-15-21(16-30-29(25)35)20-9-10-24-23(14-20)28(32-17-31-24)34-12-11-27(36)22-7-5-6-8-26(22)34/h5-10,14-17H,3-4,11-13,18H2,1-2H3. The predicted octanol–water partition coefficient (Wildman–Crippen LogP) is 5.85. The second-order valence-electron chi connectivity index (χ2n) is 9.32. The van der Waals surface area contributed by atoms with E-state index in [-0.39, 0.29) is 5.78 Å². The molecule has 3 aromatic heterocycles. The fourth-order valence-corrected chi connectivity index (χ4v) is 4.91. The molecule has 0 fully saturated rings. The minimum absolute atomic E-state index is 0.163. The molecule has 4 heterocycles. The van der Waals surface area contributed by atoms with E-state index in [9.17, 15) is 4.79 Å². The fourth-order valence-electron chi connectivity index (χ4n) is 4.91. The van der Waals surface area contributed by atoms with Gasteiger partial charge in [-0.05, 0) is 49.2 Å². The van der Waals surface area contributed by atoms with Crippen LogP contribution in [0.4, 0.5) is 11.5 Å². The van der Waals surface area contributed by atoms with Crippen molar-refractivity contribution in [1.29, 1.82) is 0 Å². The number of imidazole rings is 1. The Kier molecular flexibility index (Phi) is 6.10. The van der Waals surface area contributed by atoms with Gasteiger partial charge in [-0.2, -0.15) is 0 Å². The number of pyridine rings is 1. The molecule has 0 aliphatic carbocycles. The molecule has 2 aromatic carbocycles. The van der Waals surface area contributed by atoms with Gasteiger partial charge < -0.3 is 9.64 Å². The number of aryl methyl sites for hydroxylation is 1. The molecule has 0 saturated carbocycles. The number of anilines is 2. The molecule has 8 heteroatoms. The summed E-state index contributed by atoms with van der Waals surface area (Å²) in [7, 11) is 0. The normalized spacial score (nSPS) is 13.5. The first-order valence-electron chi connectivity index (χ1n) is 12.7. The van der Waals surface area contributed by atoms with Gasteiger partial charge in [0.05, 0.1) is 11.2 Å².